The zero-order chi connectivity index (χ0) is 24.4. The first-order chi connectivity index (χ1) is 15.4. The monoisotopic (exact) mass is 486 g/mol. The summed E-state index contributed by atoms with van der Waals surface area (Å²) < 4.78 is 61.6. The molecule has 1 amide bonds. The predicted octanol–water partition coefficient (Wildman–Crippen LogP) is 2.79. The molecule has 178 valence electrons. The largest absolute Gasteiger partial charge is 0.416 e. The molecular formula is C20H21F3N4O5S. The van der Waals surface area contributed by atoms with Crippen LogP contribution in [0.5, 0.6) is 0 Å². The van der Waals surface area contributed by atoms with Crippen LogP contribution in [-0.4, -0.2) is 32.3 Å². The van der Waals surface area contributed by atoms with Crippen molar-refractivity contribution in [2.75, 3.05) is 18.0 Å². The number of nitrogens with one attached hydrogen (secondary N) is 1. The number of hydrogen-bond acceptors (Lipinski definition) is 6. The highest BCUT2D eigenvalue weighted by Crippen LogP contribution is 2.37. The van der Waals surface area contributed by atoms with Crippen molar-refractivity contribution in [3.8, 4) is 0 Å². The number of sulfonamides is 1. The summed E-state index contributed by atoms with van der Waals surface area (Å²) in [6.07, 6.45) is -4.00. The summed E-state index contributed by atoms with van der Waals surface area (Å²) >= 11 is 0. The van der Waals surface area contributed by atoms with Crippen molar-refractivity contribution in [1.82, 2.24) is 5.32 Å². The van der Waals surface area contributed by atoms with Gasteiger partial charge in [0, 0.05) is 31.6 Å². The van der Waals surface area contributed by atoms with Gasteiger partial charge in [-0.1, -0.05) is 12.1 Å². The number of nitrogens with zero attached hydrogens (tertiary/aromatic N) is 2. The smallest absolute Gasteiger partial charge is 0.366 e. The van der Waals surface area contributed by atoms with E-state index in [1.54, 1.807) is 11.0 Å². The van der Waals surface area contributed by atoms with Gasteiger partial charge in [0.25, 0.3) is 5.69 Å². The Kier molecular flexibility index (Phi) is 6.93. The Hall–Kier alpha value is -3.19. The Balaban J connectivity index is 1.62. The fraction of sp³-hybridized carbons (Fsp3) is 0.350. The van der Waals surface area contributed by atoms with E-state index in [-0.39, 0.29) is 36.1 Å². The zero-order valence-electron chi connectivity index (χ0n) is 17.2. The Morgan fingerprint density at radius 3 is 2.42 bits per heavy atom. The van der Waals surface area contributed by atoms with E-state index in [0.717, 1.165) is 12.1 Å². The Labute approximate surface area is 187 Å². The van der Waals surface area contributed by atoms with Gasteiger partial charge >= 0.3 is 6.18 Å². The second-order valence-electron chi connectivity index (χ2n) is 7.63. The number of primary sulfonamides is 1. The lowest BCUT2D eigenvalue weighted by Crippen LogP contribution is -2.40. The van der Waals surface area contributed by atoms with Crippen molar-refractivity contribution in [3.63, 3.8) is 0 Å². The number of carbonyl (C=O) groups is 1. The fourth-order valence-corrected chi connectivity index (χ4v) is 4.25. The number of nitrogens with two attached hydrogens (primary N) is 1. The molecule has 2 aromatic carbocycles. The number of halogens is 3. The predicted molar refractivity (Wildman–Crippen MR) is 113 cm³/mol. The highest BCUT2D eigenvalue weighted by atomic mass is 32.2. The summed E-state index contributed by atoms with van der Waals surface area (Å²) in [6.45, 7) is 0.600. The van der Waals surface area contributed by atoms with Gasteiger partial charge in [-0.25, -0.2) is 13.6 Å². The molecule has 13 heteroatoms. The van der Waals surface area contributed by atoms with Crippen LogP contribution < -0.4 is 15.4 Å². The molecule has 1 heterocycles. The summed E-state index contributed by atoms with van der Waals surface area (Å²) in [5.41, 5.74) is -1.11. The van der Waals surface area contributed by atoms with E-state index in [2.05, 4.69) is 5.32 Å². The Morgan fingerprint density at radius 2 is 1.85 bits per heavy atom. The molecule has 0 atom stereocenters. The lowest BCUT2D eigenvalue weighted by atomic mass is 9.95. The van der Waals surface area contributed by atoms with Gasteiger partial charge in [0.1, 0.15) is 5.69 Å². The van der Waals surface area contributed by atoms with Crippen LogP contribution in [0.2, 0.25) is 0 Å². The highest BCUT2D eigenvalue weighted by Gasteiger charge is 2.34. The number of amides is 1. The highest BCUT2D eigenvalue weighted by molar-refractivity contribution is 7.89. The second kappa shape index (κ2) is 9.35. The molecule has 1 aliphatic rings. The topological polar surface area (TPSA) is 136 Å². The van der Waals surface area contributed by atoms with Gasteiger partial charge in [0.15, 0.2) is 0 Å². The molecule has 2 aromatic rings. The molecule has 0 saturated carbocycles. The van der Waals surface area contributed by atoms with E-state index in [4.69, 9.17) is 5.14 Å². The summed E-state index contributed by atoms with van der Waals surface area (Å²) in [4.78, 5) is 24.5. The molecule has 3 rings (SSSR count). The molecule has 0 aliphatic carbocycles. The van der Waals surface area contributed by atoms with Crippen LogP contribution in [0.1, 0.15) is 24.0 Å². The molecule has 0 unspecified atom stereocenters. The van der Waals surface area contributed by atoms with Crippen LogP contribution in [0, 0.1) is 16.0 Å². The lowest BCUT2D eigenvalue weighted by molar-refractivity contribution is -0.384. The van der Waals surface area contributed by atoms with E-state index >= 15 is 0 Å². The van der Waals surface area contributed by atoms with Crippen LogP contribution in [0.25, 0.3) is 0 Å². The minimum atomic E-state index is -4.69. The van der Waals surface area contributed by atoms with Crippen molar-refractivity contribution in [2.24, 2.45) is 11.1 Å². The normalized spacial score (nSPS) is 15.3. The standard InChI is InChI=1S/C20H21F3N4O5S/c21-20(22,23)15-4-5-17(18(11-15)27(29)30)26-8-6-14(7-9-26)19(28)25-12-13-2-1-3-16(10-13)33(24,31)32/h1-5,10-11,14H,6-9,12H2,(H,25,28)(H2,24,31,32). The van der Waals surface area contributed by atoms with Gasteiger partial charge < -0.3 is 10.2 Å². The van der Waals surface area contributed by atoms with Crippen molar-refractivity contribution in [2.45, 2.75) is 30.5 Å². The Morgan fingerprint density at radius 1 is 1.18 bits per heavy atom. The van der Waals surface area contributed by atoms with Crippen molar-refractivity contribution >= 4 is 27.3 Å². The maximum Gasteiger partial charge on any atom is 0.416 e. The third-order valence-corrected chi connectivity index (χ3v) is 6.31. The lowest BCUT2D eigenvalue weighted by Gasteiger charge is -2.32. The average Bonchev–Trinajstić information content (AvgIpc) is 2.76. The third kappa shape index (κ3) is 5.99. The molecule has 0 bridgehead atoms. The van der Waals surface area contributed by atoms with E-state index in [1.165, 1.54) is 18.2 Å². The summed E-state index contributed by atoms with van der Waals surface area (Å²) in [6, 6.07) is 8.26. The molecule has 33 heavy (non-hydrogen) atoms. The number of carbonyl (C=O) groups excluding carboxylic acids is 1. The minimum Gasteiger partial charge on any atom is -0.366 e. The molecule has 3 N–H and O–H groups in total. The molecule has 1 saturated heterocycles. The first-order valence-corrected chi connectivity index (χ1v) is 11.4. The zero-order valence-corrected chi connectivity index (χ0v) is 18.0. The number of rotatable bonds is 6. The van der Waals surface area contributed by atoms with Gasteiger partial charge in [-0.05, 0) is 42.7 Å². The van der Waals surface area contributed by atoms with Gasteiger partial charge in [0.2, 0.25) is 15.9 Å². The number of anilines is 1. The molecule has 1 aliphatic heterocycles. The molecule has 1 fully saturated rings. The number of nitro groups is 1. The van der Waals surface area contributed by atoms with E-state index < -0.39 is 38.3 Å². The van der Waals surface area contributed by atoms with Crippen LogP contribution in [0.15, 0.2) is 47.4 Å². The van der Waals surface area contributed by atoms with Gasteiger partial charge in [-0.2, -0.15) is 13.2 Å². The minimum absolute atomic E-state index is 0.0688. The van der Waals surface area contributed by atoms with Crippen molar-refractivity contribution in [3.05, 3.63) is 63.7 Å². The van der Waals surface area contributed by atoms with Crippen LogP contribution in [0.4, 0.5) is 24.5 Å². The maximum absolute atomic E-state index is 12.9. The quantitative estimate of drug-likeness (QED) is 0.476. The Bertz CT molecular complexity index is 1160. The molecule has 0 aromatic heterocycles. The number of alkyl halides is 3. The number of hydrogen-bond donors (Lipinski definition) is 2. The van der Waals surface area contributed by atoms with Crippen molar-refractivity contribution in [1.29, 1.82) is 0 Å². The molecular weight excluding hydrogens is 465 g/mol. The summed E-state index contributed by atoms with van der Waals surface area (Å²) in [5.74, 6) is -0.659. The molecule has 0 spiro atoms. The first-order valence-electron chi connectivity index (χ1n) is 9.86. The van der Waals surface area contributed by atoms with Crippen molar-refractivity contribution < 1.29 is 31.3 Å². The molecule has 0 radical (unpaired) electrons. The van der Waals surface area contributed by atoms with Gasteiger partial charge in [0.05, 0.1) is 15.4 Å². The SMILES string of the molecule is NS(=O)(=O)c1cccc(CNC(=O)C2CCN(c3ccc(C(F)(F)F)cc3[N+](=O)[O-])CC2)c1. The number of piperidine rings is 1. The van der Waals surface area contributed by atoms with E-state index in [0.29, 0.717) is 24.5 Å². The van der Waals surface area contributed by atoms with Gasteiger partial charge in [-0.3, -0.25) is 14.9 Å². The van der Waals surface area contributed by atoms with E-state index in [9.17, 15) is 36.5 Å². The summed E-state index contributed by atoms with van der Waals surface area (Å²) in [5, 5.41) is 19.2. The van der Waals surface area contributed by atoms with E-state index in [1.807, 2.05) is 0 Å². The second-order valence-corrected chi connectivity index (χ2v) is 9.19. The molecule has 9 nitrogen and oxygen atoms in total. The van der Waals surface area contributed by atoms with Crippen LogP contribution in [-0.2, 0) is 27.5 Å². The van der Waals surface area contributed by atoms with Crippen LogP contribution in [0.3, 0.4) is 0 Å². The summed E-state index contributed by atoms with van der Waals surface area (Å²) in [7, 11) is -3.87. The number of benzene rings is 2. The van der Waals surface area contributed by atoms with Crippen LogP contribution >= 0.6 is 0 Å². The number of nitro benzene ring substituents is 1. The fourth-order valence-electron chi connectivity index (χ4n) is 3.66. The van der Waals surface area contributed by atoms with Gasteiger partial charge in [-0.15, -0.1) is 0 Å². The third-order valence-electron chi connectivity index (χ3n) is 5.40. The maximum atomic E-state index is 12.9. The first kappa shape index (κ1) is 24.5. The average molecular weight is 486 g/mol.